The van der Waals surface area contributed by atoms with Gasteiger partial charge in [-0.15, -0.1) is 0 Å². The largest absolute Gasteiger partial charge is 0.330 e. The number of pyridine rings is 1. The van der Waals surface area contributed by atoms with Crippen LogP contribution < -0.4 is 5.73 Å². The van der Waals surface area contributed by atoms with Crippen LogP contribution in [0.5, 0.6) is 0 Å². The monoisotopic (exact) mass is 222 g/mol. The fourth-order valence-corrected chi connectivity index (χ4v) is 1.37. The zero-order valence-corrected chi connectivity index (χ0v) is 8.37. The molecule has 1 heterocycles. The van der Waals surface area contributed by atoms with Gasteiger partial charge in [-0.05, 0) is 31.0 Å². The third kappa shape index (κ3) is 2.79. The molecule has 72 valence electrons. The standard InChI is InChI=1S/C8H9Cl2FN2/c9-7-5(2-1-3-12)4-6(11)8(10)13-7/h4H,1-3,12H2. The summed E-state index contributed by atoms with van der Waals surface area (Å²) in [6.45, 7) is 0.542. The maximum Gasteiger partial charge on any atom is 0.166 e. The van der Waals surface area contributed by atoms with Crippen molar-refractivity contribution in [3.63, 3.8) is 0 Å². The van der Waals surface area contributed by atoms with Gasteiger partial charge in [0, 0.05) is 0 Å². The van der Waals surface area contributed by atoms with Crippen molar-refractivity contribution in [2.24, 2.45) is 5.73 Å². The molecule has 0 fully saturated rings. The summed E-state index contributed by atoms with van der Waals surface area (Å²) in [5.41, 5.74) is 5.96. The highest BCUT2D eigenvalue weighted by Crippen LogP contribution is 2.21. The second-order valence-electron chi connectivity index (χ2n) is 2.60. The number of rotatable bonds is 3. The SMILES string of the molecule is NCCCc1cc(F)c(Cl)nc1Cl. The van der Waals surface area contributed by atoms with E-state index < -0.39 is 5.82 Å². The van der Waals surface area contributed by atoms with Crippen molar-refractivity contribution in [1.82, 2.24) is 4.98 Å². The summed E-state index contributed by atoms with van der Waals surface area (Å²) >= 11 is 11.2. The molecule has 1 aromatic heterocycles. The second-order valence-corrected chi connectivity index (χ2v) is 3.32. The zero-order chi connectivity index (χ0) is 9.84. The molecule has 13 heavy (non-hydrogen) atoms. The van der Waals surface area contributed by atoms with Gasteiger partial charge in [0.1, 0.15) is 5.15 Å². The fourth-order valence-electron chi connectivity index (χ4n) is 0.951. The minimum Gasteiger partial charge on any atom is -0.330 e. The lowest BCUT2D eigenvalue weighted by atomic mass is 10.1. The van der Waals surface area contributed by atoms with Gasteiger partial charge in [0.15, 0.2) is 11.0 Å². The van der Waals surface area contributed by atoms with Crippen LogP contribution in [0.4, 0.5) is 4.39 Å². The van der Waals surface area contributed by atoms with E-state index in [1.54, 1.807) is 0 Å². The van der Waals surface area contributed by atoms with E-state index >= 15 is 0 Å². The Morgan fingerprint density at radius 3 is 2.69 bits per heavy atom. The van der Waals surface area contributed by atoms with E-state index in [4.69, 9.17) is 28.9 Å². The Morgan fingerprint density at radius 1 is 1.38 bits per heavy atom. The Bertz CT molecular complexity index is 304. The van der Waals surface area contributed by atoms with Crippen LogP contribution in [0.1, 0.15) is 12.0 Å². The zero-order valence-electron chi connectivity index (χ0n) is 6.86. The maximum atomic E-state index is 12.9. The van der Waals surface area contributed by atoms with Gasteiger partial charge >= 0.3 is 0 Å². The molecular formula is C8H9Cl2FN2. The van der Waals surface area contributed by atoms with E-state index in [-0.39, 0.29) is 10.3 Å². The summed E-state index contributed by atoms with van der Waals surface area (Å²) in [7, 11) is 0. The normalized spacial score (nSPS) is 10.5. The van der Waals surface area contributed by atoms with Gasteiger partial charge < -0.3 is 5.73 Å². The van der Waals surface area contributed by atoms with Crippen LogP contribution in [0.3, 0.4) is 0 Å². The lowest BCUT2D eigenvalue weighted by molar-refractivity contribution is 0.618. The molecule has 2 nitrogen and oxygen atoms in total. The van der Waals surface area contributed by atoms with Crippen molar-refractivity contribution in [1.29, 1.82) is 0 Å². The summed E-state index contributed by atoms with van der Waals surface area (Å²) < 4.78 is 12.9. The molecule has 0 aromatic carbocycles. The first-order chi connectivity index (χ1) is 6.15. The lowest BCUT2D eigenvalue weighted by Gasteiger charge is -2.03. The highest BCUT2D eigenvalue weighted by Gasteiger charge is 2.07. The first-order valence-electron chi connectivity index (χ1n) is 3.85. The highest BCUT2D eigenvalue weighted by atomic mass is 35.5. The quantitative estimate of drug-likeness (QED) is 0.799. The molecule has 0 spiro atoms. The lowest BCUT2D eigenvalue weighted by Crippen LogP contribution is -2.01. The second kappa shape index (κ2) is 4.74. The van der Waals surface area contributed by atoms with Crippen molar-refractivity contribution < 1.29 is 4.39 Å². The molecule has 2 N–H and O–H groups in total. The van der Waals surface area contributed by atoms with Gasteiger partial charge in [-0.25, -0.2) is 9.37 Å². The van der Waals surface area contributed by atoms with Gasteiger partial charge in [-0.3, -0.25) is 0 Å². The van der Waals surface area contributed by atoms with Crippen LogP contribution in [-0.4, -0.2) is 11.5 Å². The van der Waals surface area contributed by atoms with E-state index in [2.05, 4.69) is 4.98 Å². The van der Waals surface area contributed by atoms with Crippen molar-refractivity contribution in [3.8, 4) is 0 Å². The number of halogens is 3. The van der Waals surface area contributed by atoms with Crippen molar-refractivity contribution in [2.45, 2.75) is 12.8 Å². The van der Waals surface area contributed by atoms with Crippen molar-refractivity contribution in [2.75, 3.05) is 6.54 Å². The molecule has 1 rings (SSSR count). The fraction of sp³-hybridized carbons (Fsp3) is 0.375. The number of hydrogen-bond donors (Lipinski definition) is 1. The molecule has 0 bridgehead atoms. The van der Waals surface area contributed by atoms with Crippen LogP contribution >= 0.6 is 23.2 Å². The third-order valence-electron chi connectivity index (χ3n) is 1.61. The molecular weight excluding hydrogens is 214 g/mol. The van der Waals surface area contributed by atoms with Gasteiger partial charge in [0.05, 0.1) is 0 Å². The number of nitrogens with two attached hydrogens (primary N) is 1. The summed E-state index contributed by atoms with van der Waals surface area (Å²) in [6.07, 6.45) is 1.37. The summed E-state index contributed by atoms with van der Waals surface area (Å²) in [4.78, 5) is 3.64. The predicted molar refractivity (Wildman–Crippen MR) is 51.6 cm³/mol. The molecule has 0 saturated carbocycles. The van der Waals surface area contributed by atoms with Crippen molar-refractivity contribution in [3.05, 3.63) is 27.8 Å². The summed E-state index contributed by atoms with van der Waals surface area (Å²) in [5, 5.41) is 0.0568. The third-order valence-corrected chi connectivity index (χ3v) is 2.20. The number of hydrogen-bond acceptors (Lipinski definition) is 2. The molecule has 0 amide bonds. The molecule has 0 saturated heterocycles. The topological polar surface area (TPSA) is 38.9 Å². The van der Waals surface area contributed by atoms with Crippen LogP contribution in [0.15, 0.2) is 6.07 Å². The Hall–Kier alpha value is -0.380. The highest BCUT2D eigenvalue weighted by molar-refractivity contribution is 6.32. The molecule has 0 aliphatic heterocycles. The average molecular weight is 223 g/mol. The summed E-state index contributed by atoms with van der Waals surface area (Å²) in [5.74, 6) is -0.543. The van der Waals surface area contributed by atoms with Crippen LogP contribution in [0.2, 0.25) is 10.3 Å². The van der Waals surface area contributed by atoms with Gasteiger partial charge in [0.2, 0.25) is 0 Å². The van der Waals surface area contributed by atoms with E-state index in [0.717, 1.165) is 6.42 Å². The van der Waals surface area contributed by atoms with Crippen molar-refractivity contribution >= 4 is 23.2 Å². The summed E-state index contributed by atoms with van der Waals surface area (Å²) in [6, 6.07) is 1.30. The Kier molecular flexibility index (Phi) is 3.90. The van der Waals surface area contributed by atoms with E-state index in [1.165, 1.54) is 6.07 Å². The molecule has 5 heteroatoms. The molecule has 0 aliphatic carbocycles. The smallest absolute Gasteiger partial charge is 0.166 e. The minimum atomic E-state index is -0.543. The molecule has 1 aromatic rings. The average Bonchev–Trinajstić information content (AvgIpc) is 2.09. The van der Waals surface area contributed by atoms with Crippen LogP contribution in [0.25, 0.3) is 0 Å². The molecule has 0 atom stereocenters. The maximum absolute atomic E-state index is 12.9. The van der Waals surface area contributed by atoms with Crippen LogP contribution in [-0.2, 0) is 6.42 Å². The van der Waals surface area contributed by atoms with Gasteiger partial charge in [-0.1, -0.05) is 23.2 Å². The number of aromatic nitrogens is 1. The Balaban J connectivity index is 2.88. The Labute approximate surface area is 85.9 Å². The number of aryl methyl sites for hydroxylation is 1. The predicted octanol–water partition coefficient (Wildman–Crippen LogP) is 2.42. The van der Waals surface area contributed by atoms with Gasteiger partial charge in [-0.2, -0.15) is 0 Å². The molecule has 0 aliphatic rings. The number of nitrogens with zero attached hydrogens (tertiary/aromatic N) is 1. The van der Waals surface area contributed by atoms with Gasteiger partial charge in [0.25, 0.3) is 0 Å². The van der Waals surface area contributed by atoms with E-state index in [0.29, 0.717) is 18.5 Å². The first kappa shape index (κ1) is 10.7. The Morgan fingerprint density at radius 2 is 2.08 bits per heavy atom. The molecule has 0 radical (unpaired) electrons. The first-order valence-corrected chi connectivity index (χ1v) is 4.61. The van der Waals surface area contributed by atoms with E-state index in [1.807, 2.05) is 0 Å². The van der Waals surface area contributed by atoms with Crippen LogP contribution in [0, 0.1) is 5.82 Å². The molecule has 0 unspecified atom stereocenters. The van der Waals surface area contributed by atoms with E-state index in [9.17, 15) is 4.39 Å². The minimum absolute atomic E-state index is 0.193.